The van der Waals surface area contributed by atoms with E-state index in [4.69, 9.17) is 0 Å². The first kappa shape index (κ1) is 11.2. The van der Waals surface area contributed by atoms with Crippen molar-refractivity contribution in [2.75, 3.05) is 0 Å². The van der Waals surface area contributed by atoms with Crippen molar-refractivity contribution < 1.29 is 4.79 Å². The first-order valence-corrected chi connectivity index (χ1v) is 5.93. The van der Waals surface area contributed by atoms with E-state index in [9.17, 15) is 4.79 Å². The van der Waals surface area contributed by atoms with E-state index in [1.807, 2.05) is 32.0 Å². The molecule has 0 unspecified atom stereocenters. The Bertz CT molecular complexity index is 366. The highest BCUT2D eigenvalue weighted by atomic mass is 16.2. The van der Waals surface area contributed by atoms with Gasteiger partial charge < -0.3 is 5.32 Å². The maximum absolute atomic E-state index is 12.0. The zero-order valence-electron chi connectivity index (χ0n) is 9.99. The molecular formula is C14H19NO. The topological polar surface area (TPSA) is 29.1 Å². The second kappa shape index (κ2) is 4.28. The standard InChI is InChI=1S/C14H19NO/c1-14(2,13(16)15-12-8-9-12)10-11-6-4-3-5-7-11/h3-7,12H,8-10H2,1-2H3,(H,15,16). The number of amides is 1. The molecule has 1 amide bonds. The molecule has 0 saturated heterocycles. The van der Waals surface area contributed by atoms with Crippen LogP contribution in [-0.4, -0.2) is 11.9 Å². The Morgan fingerprint density at radius 1 is 1.31 bits per heavy atom. The highest BCUT2D eigenvalue weighted by Crippen LogP contribution is 2.25. The molecule has 0 spiro atoms. The number of benzene rings is 1. The molecule has 0 aliphatic heterocycles. The molecule has 0 radical (unpaired) electrons. The summed E-state index contributed by atoms with van der Waals surface area (Å²) in [4.78, 5) is 12.0. The van der Waals surface area contributed by atoms with E-state index in [2.05, 4.69) is 17.4 Å². The van der Waals surface area contributed by atoms with Crippen molar-refractivity contribution in [1.29, 1.82) is 0 Å². The van der Waals surface area contributed by atoms with Gasteiger partial charge in [-0.3, -0.25) is 4.79 Å². The summed E-state index contributed by atoms with van der Waals surface area (Å²) in [6.45, 7) is 4.02. The number of rotatable bonds is 4. The predicted octanol–water partition coefficient (Wildman–Crippen LogP) is 2.53. The third kappa shape index (κ3) is 2.84. The van der Waals surface area contributed by atoms with Gasteiger partial charge in [-0.2, -0.15) is 0 Å². The molecule has 0 bridgehead atoms. The van der Waals surface area contributed by atoms with Gasteiger partial charge in [0, 0.05) is 11.5 Å². The van der Waals surface area contributed by atoms with Crippen LogP contribution in [0.25, 0.3) is 0 Å². The Morgan fingerprint density at radius 3 is 2.50 bits per heavy atom. The number of carbonyl (C=O) groups is 1. The van der Waals surface area contributed by atoms with E-state index < -0.39 is 0 Å². The minimum Gasteiger partial charge on any atom is -0.353 e. The van der Waals surface area contributed by atoms with Gasteiger partial charge in [-0.05, 0) is 24.8 Å². The average Bonchev–Trinajstić information content (AvgIpc) is 3.02. The minimum absolute atomic E-state index is 0.179. The van der Waals surface area contributed by atoms with Crippen molar-refractivity contribution in [3.63, 3.8) is 0 Å². The Morgan fingerprint density at radius 2 is 1.94 bits per heavy atom. The van der Waals surface area contributed by atoms with E-state index in [1.165, 1.54) is 5.56 Å². The van der Waals surface area contributed by atoms with E-state index >= 15 is 0 Å². The highest BCUT2D eigenvalue weighted by molar-refractivity contribution is 5.82. The molecule has 2 nitrogen and oxygen atoms in total. The number of carbonyl (C=O) groups excluding carboxylic acids is 1. The largest absolute Gasteiger partial charge is 0.353 e. The van der Waals surface area contributed by atoms with Crippen molar-refractivity contribution in [3.8, 4) is 0 Å². The summed E-state index contributed by atoms with van der Waals surface area (Å²) in [7, 11) is 0. The maximum Gasteiger partial charge on any atom is 0.226 e. The third-order valence-electron chi connectivity index (χ3n) is 3.02. The molecule has 86 valence electrons. The monoisotopic (exact) mass is 217 g/mol. The molecular weight excluding hydrogens is 198 g/mol. The number of hydrogen-bond acceptors (Lipinski definition) is 1. The first-order chi connectivity index (χ1) is 7.58. The summed E-state index contributed by atoms with van der Waals surface area (Å²) < 4.78 is 0. The summed E-state index contributed by atoms with van der Waals surface area (Å²) in [6.07, 6.45) is 3.09. The molecule has 1 N–H and O–H groups in total. The van der Waals surface area contributed by atoms with Crippen molar-refractivity contribution in [2.45, 2.75) is 39.2 Å². The molecule has 0 heterocycles. The second-order valence-corrected chi connectivity index (χ2v) is 5.29. The van der Waals surface area contributed by atoms with Crippen LogP contribution in [0.2, 0.25) is 0 Å². The van der Waals surface area contributed by atoms with Gasteiger partial charge in [0.15, 0.2) is 0 Å². The molecule has 1 saturated carbocycles. The van der Waals surface area contributed by atoms with Gasteiger partial charge in [-0.15, -0.1) is 0 Å². The van der Waals surface area contributed by atoms with Gasteiger partial charge in [0.25, 0.3) is 0 Å². The van der Waals surface area contributed by atoms with E-state index in [0.29, 0.717) is 6.04 Å². The molecule has 1 aromatic carbocycles. The van der Waals surface area contributed by atoms with Crippen LogP contribution in [0.15, 0.2) is 30.3 Å². The fourth-order valence-electron chi connectivity index (χ4n) is 1.79. The van der Waals surface area contributed by atoms with Gasteiger partial charge in [-0.1, -0.05) is 44.2 Å². The van der Waals surface area contributed by atoms with Crippen LogP contribution in [0, 0.1) is 5.41 Å². The van der Waals surface area contributed by atoms with Crippen molar-refractivity contribution >= 4 is 5.91 Å². The minimum atomic E-state index is -0.316. The fourth-order valence-corrected chi connectivity index (χ4v) is 1.79. The zero-order chi connectivity index (χ0) is 11.6. The maximum atomic E-state index is 12.0. The number of nitrogens with one attached hydrogen (secondary N) is 1. The van der Waals surface area contributed by atoms with Crippen molar-refractivity contribution in [3.05, 3.63) is 35.9 Å². The summed E-state index contributed by atoms with van der Waals surface area (Å²) in [5.41, 5.74) is 0.905. The van der Waals surface area contributed by atoms with Crippen LogP contribution in [-0.2, 0) is 11.2 Å². The molecule has 0 atom stereocenters. The smallest absolute Gasteiger partial charge is 0.226 e. The molecule has 1 aliphatic carbocycles. The Kier molecular flexibility index (Phi) is 2.99. The zero-order valence-corrected chi connectivity index (χ0v) is 9.99. The van der Waals surface area contributed by atoms with Crippen LogP contribution < -0.4 is 5.32 Å². The molecule has 1 aliphatic rings. The quantitative estimate of drug-likeness (QED) is 0.825. The Hall–Kier alpha value is -1.31. The normalized spacial score (nSPS) is 15.9. The Balaban J connectivity index is 1.98. The van der Waals surface area contributed by atoms with Crippen LogP contribution >= 0.6 is 0 Å². The van der Waals surface area contributed by atoms with E-state index in [0.717, 1.165) is 19.3 Å². The lowest BCUT2D eigenvalue weighted by Crippen LogP contribution is -2.39. The molecule has 0 aromatic heterocycles. The molecule has 2 heteroatoms. The summed E-state index contributed by atoms with van der Waals surface area (Å²) in [6, 6.07) is 10.6. The van der Waals surface area contributed by atoms with Gasteiger partial charge in [0.05, 0.1) is 0 Å². The molecule has 2 rings (SSSR count). The van der Waals surface area contributed by atoms with Crippen LogP contribution in [0.1, 0.15) is 32.3 Å². The fraction of sp³-hybridized carbons (Fsp3) is 0.500. The highest BCUT2D eigenvalue weighted by Gasteiger charge is 2.32. The number of hydrogen-bond donors (Lipinski definition) is 1. The average molecular weight is 217 g/mol. The van der Waals surface area contributed by atoms with E-state index in [1.54, 1.807) is 0 Å². The molecule has 1 fully saturated rings. The van der Waals surface area contributed by atoms with Crippen molar-refractivity contribution in [2.24, 2.45) is 5.41 Å². The first-order valence-electron chi connectivity index (χ1n) is 5.93. The summed E-state index contributed by atoms with van der Waals surface area (Å²) >= 11 is 0. The van der Waals surface area contributed by atoms with Crippen LogP contribution in [0.3, 0.4) is 0 Å². The van der Waals surface area contributed by atoms with Crippen molar-refractivity contribution in [1.82, 2.24) is 5.32 Å². The van der Waals surface area contributed by atoms with Gasteiger partial charge in [0.2, 0.25) is 5.91 Å². The summed E-state index contributed by atoms with van der Waals surface area (Å²) in [5, 5.41) is 3.08. The van der Waals surface area contributed by atoms with Gasteiger partial charge in [0.1, 0.15) is 0 Å². The molecule has 1 aromatic rings. The molecule has 16 heavy (non-hydrogen) atoms. The van der Waals surface area contributed by atoms with Gasteiger partial charge >= 0.3 is 0 Å². The van der Waals surface area contributed by atoms with Crippen LogP contribution in [0.4, 0.5) is 0 Å². The third-order valence-corrected chi connectivity index (χ3v) is 3.02. The SMILES string of the molecule is CC(C)(Cc1ccccc1)C(=O)NC1CC1. The lowest BCUT2D eigenvalue weighted by molar-refractivity contribution is -0.129. The Labute approximate surface area is 97.1 Å². The summed E-state index contributed by atoms with van der Waals surface area (Å²) in [5.74, 6) is 0.179. The second-order valence-electron chi connectivity index (χ2n) is 5.29. The lowest BCUT2D eigenvalue weighted by Gasteiger charge is -2.23. The van der Waals surface area contributed by atoms with E-state index in [-0.39, 0.29) is 11.3 Å². The lowest BCUT2D eigenvalue weighted by atomic mass is 9.85. The van der Waals surface area contributed by atoms with Crippen LogP contribution in [0.5, 0.6) is 0 Å². The van der Waals surface area contributed by atoms with Gasteiger partial charge in [-0.25, -0.2) is 0 Å². The predicted molar refractivity (Wildman–Crippen MR) is 65.1 cm³/mol.